The Labute approximate surface area is 86.7 Å². The summed E-state index contributed by atoms with van der Waals surface area (Å²) in [6.07, 6.45) is 7.89. The minimum absolute atomic E-state index is 0.0414. The van der Waals surface area contributed by atoms with Crippen molar-refractivity contribution < 1.29 is 0 Å². The standard InChI is InChI=1S/C12H10N2O/c15-10-4-7-14-6-3-9-2-1-5-13-12(9)11(14)8-10/h1-4,6-8,13H,5H2. The molecule has 0 bridgehead atoms. The van der Waals surface area contributed by atoms with Crippen LogP contribution in [0.4, 0.5) is 5.69 Å². The zero-order valence-electron chi connectivity index (χ0n) is 8.10. The van der Waals surface area contributed by atoms with Crippen molar-refractivity contribution in [2.24, 2.45) is 0 Å². The second-order valence-electron chi connectivity index (χ2n) is 3.58. The minimum Gasteiger partial charge on any atom is -0.379 e. The Bertz CT molecular complexity index is 611. The summed E-state index contributed by atoms with van der Waals surface area (Å²) in [5, 5.41) is 3.29. The predicted molar refractivity (Wildman–Crippen MR) is 61.2 cm³/mol. The highest BCUT2D eigenvalue weighted by molar-refractivity contribution is 5.83. The maximum absolute atomic E-state index is 11.3. The van der Waals surface area contributed by atoms with E-state index in [0.717, 1.165) is 23.3 Å². The van der Waals surface area contributed by atoms with Gasteiger partial charge in [-0.2, -0.15) is 0 Å². The second kappa shape index (κ2) is 2.98. The lowest BCUT2D eigenvalue weighted by atomic mass is 10.1. The smallest absolute Gasteiger partial charge is 0.182 e. The van der Waals surface area contributed by atoms with Gasteiger partial charge in [0, 0.05) is 36.6 Å². The SMILES string of the molecule is O=c1ccn2ccc3c(c2c1)NCC=C3. The van der Waals surface area contributed by atoms with Crippen molar-refractivity contribution in [1.29, 1.82) is 0 Å². The number of pyridine rings is 2. The van der Waals surface area contributed by atoms with Crippen LogP contribution in [-0.2, 0) is 0 Å². The van der Waals surface area contributed by atoms with E-state index in [1.165, 1.54) is 0 Å². The van der Waals surface area contributed by atoms with Crippen LogP contribution < -0.4 is 10.7 Å². The molecule has 0 fully saturated rings. The Kier molecular flexibility index (Phi) is 1.65. The fourth-order valence-corrected chi connectivity index (χ4v) is 1.89. The van der Waals surface area contributed by atoms with Crippen LogP contribution in [0.3, 0.4) is 0 Å². The molecule has 0 aliphatic carbocycles. The van der Waals surface area contributed by atoms with Crippen molar-refractivity contribution in [3.05, 3.63) is 52.5 Å². The molecule has 15 heavy (non-hydrogen) atoms. The van der Waals surface area contributed by atoms with Crippen LogP contribution in [0.2, 0.25) is 0 Å². The average molecular weight is 198 g/mol. The highest BCUT2D eigenvalue weighted by Gasteiger charge is 2.07. The number of nitrogens with one attached hydrogen (secondary N) is 1. The molecule has 1 N–H and O–H groups in total. The van der Waals surface area contributed by atoms with Gasteiger partial charge in [0.2, 0.25) is 0 Å². The fourth-order valence-electron chi connectivity index (χ4n) is 1.89. The summed E-state index contributed by atoms with van der Waals surface area (Å²) in [7, 11) is 0. The van der Waals surface area contributed by atoms with Crippen LogP contribution in [0, 0.1) is 0 Å². The van der Waals surface area contributed by atoms with Gasteiger partial charge >= 0.3 is 0 Å². The van der Waals surface area contributed by atoms with E-state index in [9.17, 15) is 4.79 Å². The van der Waals surface area contributed by atoms with E-state index in [1.807, 2.05) is 16.7 Å². The Morgan fingerprint density at radius 1 is 1.27 bits per heavy atom. The maximum Gasteiger partial charge on any atom is 0.182 e. The molecule has 1 aliphatic rings. The normalized spacial score (nSPS) is 13.6. The molecule has 0 saturated carbocycles. The number of rotatable bonds is 0. The van der Waals surface area contributed by atoms with E-state index >= 15 is 0 Å². The van der Waals surface area contributed by atoms with Gasteiger partial charge in [-0.25, -0.2) is 0 Å². The first-order chi connectivity index (χ1) is 7.34. The number of hydrogen-bond donors (Lipinski definition) is 1. The Morgan fingerprint density at radius 2 is 2.13 bits per heavy atom. The van der Waals surface area contributed by atoms with E-state index in [2.05, 4.69) is 17.5 Å². The molecule has 2 aromatic heterocycles. The molecule has 0 unspecified atom stereocenters. The molecule has 0 spiro atoms. The topological polar surface area (TPSA) is 33.5 Å². The van der Waals surface area contributed by atoms with Gasteiger partial charge in [0.25, 0.3) is 0 Å². The van der Waals surface area contributed by atoms with Crippen LogP contribution in [0.25, 0.3) is 11.6 Å². The first-order valence-electron chi connectivity index (χ1n) is 4.90. The number of anilines is 1. The predicted octanol–water partition coefficient (Wildman–Crippen LogP) is 1.74. The summed E-state index contributed by atoms with van der Waals surface area (Å²) < 4.78 is 1.95. The molecule has 1 aliphatic heterocycles. The third-order valence-electron chi connectivity index (χ3n) is 2.61. The zero-order chi connectivity index (χ0) is 10.3. The molecule has 0 aromatic carbocycles. The summed E-state index contributed by atoms with van der Waals surface area (Å²) in [5.74, 6) is 0. The van der Waals surface area contributed by atoms with Crippen molar-refractivity contribution in [2.45, 2.75) is 0 Å². The molecular weight excluding hydrogens is 188 g/mol. The molecule has 3 heteroatoms. The Balaban J connectivity index is 2.45. The second-order valence-corrected chi connectivity index (χ2v) is 3.58. The van der Waals surface area contributed by atoms with Gasteiger partial charge < -0.3 is 9.72 Å². The van der Waals surface area contributed by atoms with Crippen molar-refractivity contribution in [3.8, 4) is 0 Å². The molecule has 0 radical (unpaired) electrons. The van der Waals surface area contributed by atoms with Gasteiger partial charge in [-0.3, -0.25) is 4.79 Å². The van der Waals surface area contributed by atoms with Gasteiger partial charge in [0.05, 0.1) is 11.2 Å². The third kappa shape index (κ3) is 1.24. The number of nitrogens with zero attached hydrogens (tertiary/aromatic N) is 1. The quantitative estimate of drug-likeness (QED) is 0.699. The number of fused-ring (bicyclic) bond motifs is 3. The lowest BCUT2D eigenvalue weighted by molar-refractivity contribution is 1.14. The summed E-state index contributed by atoms with van der Waals surface area (Å²) in [5.41, 5.74) is 3.15. The summed E-state index contributed by atoms with van der Waals surface area (Å²) in [6.45, 7) is 0.815. The van der Waals surface area contributed by atoms with Gasteiger partial charge in [0.1, 0.15) is 0 Å². The van der Waals surface area contributed by atoms with Crippen molar-refractivity contribution >= 4 is 17.3 Å². The van der Waals surface area contributed by atoms with E-state index in [4.69, 9.17) is 0 Å². The average Bonchev–Trinajstić information content (AvgIpc) is 2.29. The van der Waals surface area contributed by atoms with E-state index in [1.54, 1.807) is 18.3 Å². The largest absolute Gasteiger partial charge is 0.379 e. The number of aromatic nitrogens is 1. The van der Waals surface area contributed by atoms with Crippen molar-refractivity contribution in [3.63, 3.8) is 0 Å². The molecule has 0 amide bonds. The highest BCUT2D eigenvalue weighted by atomic mass is 16.1. The minimum atomic E-state index is 0.0414. The lowest BCUT2D eigenvalue weighted by Crippen LogP contribution is -2.09. The first kappa shape index (κ1) is 8.29. The zero-order valence-corrected chi connectivity index (χ0v) is 8.10. The number of hydrogen-bond acceptors (Lipinski definition) is 2. The summed E-state index contributed by atoms with van der Waals surface area (Å²) in [6, 6.07) is 5.26. The molecule has 2 aromatic rings. The third-order valence-corrected chi connectivity index (χ3v) is 2.61. The monoisotopic (exact) mass is 198 g/mol. The molecule has 3 heterocycles. The van der Waals surface area contributed by atoms with E-state index < -0.39 is 0 Å². The molecule has 0 atom stereocenters. The van der Waals surface area contributed by atoms with Crippen LogP contribution in [0.1, 0.15) is 5.56 Å². The van der Waals surface area contributed by atoms with Gasteiger partial charge in [-0.15, -0.1) is 0 Å². The summed E-state index contributed by atoms with van der Waals surface area (Å²) in [4.78, 5) is 11.3. The summed E-state index contributed by atoms with van der Waals surface area (Å²) >= 11 is 0. The van der Waals surface area contributed by atoms with Gasteiger partial charge in [-0.05, 0) is 6.07 Å². The van der Waals surface area contributed by atoms with E-state index in [-0.39, 0.29) is 5.43 Å². The first-order valence-corrected chi connectivity index (χ1v) is 4.90. The molecule has 3 rings (SSSR count). The lowest BCUT2D eigenvalue weighted by Gasteiger charge is -2.15. The van der Waals surface area contributed by atoms with Crippen molar-refractivity contribution in [1.82, 2.24) is 4.40 Å². The van der Waals surface area contributed by atoms with Crippen LogP contribution in [0.15, 0.2) is 41.5 Å². The van der Waals surface area contributed by atoms with Gasteiger partial charge in [0.15, 0.2) is 5.43 Å². The Hall–Kier alpha value is -2.03. The van der Waals surface area contributed by atoms with E-state index in [0.29, 0.717) is 0 Å². The molecule has 3 nitrogen and oxygen atoms in total. The fraction of sp³-hybridized carbons (Fsp3) is 0.0833. The highest BCUT2D eigenvalue weighted by Crippen LogP contribution is 2.24. The molecular formula is C12H10N2O. The van der Waals surface area contributed by atoms with Crippen LogP contribution >= 0.6 is 0 Å². The maximum atomic E-state index is 11.3. The molecule has 0 saturated heterocycles. The van der Waals surface area contributed by atoms with Crippen LogP contribution in [0.5, 0.6) is 0 Å². The van der Waals surface area contributed by atoms with Gasteiger partial charge in [-0.1, -0.05) is 12.2 Å². The molecule has 74 valence electrons. The van der Waals surface area contributed by atoms with Crippen LogP contribution in [-0.4, -0.2) is 10.9 Å². The Morgan fingerprint density at radius 3 is 3.07 bits per heavy atom. The van der Waals surface area contributed by atoms with Crippen molar-refractivity contribution in [2.75, 3.05) is 11.9 Å².